The topological polar surface area (TPSA) is 16.4 Å². The Morgan fingerprint density at radius 2 is 1.07 bits per heavy atom. The number of furan rings is 1. The summed E-state index contributed by atoms with van der Waals surface area (Å²) in [5.41, 5.74) is 7.60. The smallest absolute Gasteiger partial charge is 0.143 e. The highest BCUT2D eigenvalue weighted by molar-refractivity contribution is 6.19. The molecular formula is C38H25NO. The van der Waals surface area contributed by atoms with Crippen LogP contribution in [0.15, 0.2) is 156 Å². The molecule has 1 aromatic heterocycles. The monoisotopic (exact) mass is 511 g/mol. The number of para-hydroxylation sites is 1. The maximum absolute atomic E-state index is 6.44. The zero-order valence-corrected chi connectivity index (χ0v) is 21.8. The summed E-state index contributed by atoms with van der Waals surface area (Å²) in [5.74, 6) is 0. The van der Waals surface area contributed by atoms with Crippen LogP contribution >= 0.6 is 0 Å². The Kier molecular flexibility index (Phi) is 5.17. The minimum Gasteiger partial charge on any atom is -0.455 e. The summed E-state index contributed by atoms with van der Waals surface area (Å²) in [4.78, 5) is 2.34. The summed E-state index contributed by atoms with van der Waals surface area (Å²) in [5, 5.41) is 7.09. The van der Waals surface area contributed by atoms with E-state index in [1.807, 2.05) is 0 Å². The van der Waals surface area contributed by atoms with Crippen LogP contribution in [-0.2, 0) is 0 Å². The SMILES string of the molecule is c1ccc(N(c2ccc(-c3cccc4oc5c6ccccc6ccc5c34)cc2)c2cccc3ccccc23)cc1. The molecule has 0 amide bonds. The van der Waals surface area contributed by atoms with E-state index >= 15 is 0 Å². The van der Waals surface area contributed by atoms with Gasteiger partial charge in [0.2, 0.25) is 0 Å². The van der Waals surface area contributed by atoms with Crippen molar-refractivity contribution in [2.75, 3.05) is 4.90 Å². The van der Waals surface area contributed by atoms with Crippen molar-refractivity contribution in [1.29, 1.82) is 0 Å². The van der Waals surface area contributed by atoms with E-state index in [4.69, 9.17) is 4.42 Å². The van der Waals surface area contributed by atoms with Crippen LogP contribution in [0, 0.1) is 0 Å². The Hall–Kier alpha value is -5.34. The molecule has 8 rings (SSSR count). The molecule has 0 radical (unpaired) electrons. The summed E-state index contributed by atoms with van der Waals surface area (Å²) in [6.45, 7) is 0. The van der Waals surface area contributed by atoms with Crippen molar-refractivity contribution in [2.45, 2.75) is 0 Å². The van der Waals surface area contributed by atoms with Gasteiger partial charge < -0.3 is 9.32 Å². The number of anilines is 3. The van der Waals surface area contributed by atoms with Gasteiger partial charge in [0.15, 0.2) is 0 Å². The van der Waals surface area contributed by atoms with Gasteiger partial charge in [0.1, 0.15) is 11.2 Å². The molecule has 0 bridgehead atoms. The number of fused-ring (bicyclic) bond motifs is 6. The third-order valence-corrected chi connectivity index (χ3v) is 7.85. The van der Waals surface area contributed by atoms with Gasteiger partial charge in [-0.3, -0.25) is 0 Å². The van der Waals surface area contributed by atoms with E-state index in [9.17, 15) is 0 Å². The van der Waals surface area contributed by atoms with E-state index in [1.54, 1.807) is 0 Å². The van der Waals surface area contributed by atoms with Crippen molar-refractivity contribution in [3.05, 3.63) is 152 Å². The van der Waals surface area contributed by atoms with Crippen LogP contribution in [-0.4, -0.2) is 0 Å². The number of benzene rings is 7. The first-order chi connectivity index (χ1) is 19.8. The van der Waals surface area contributed by atoms with Crippen molar-refractivity contribution in [3.63, 3.8) is 0 Å². The average molecular weight is 512 g/mol. The van der Waals surface area contributed by atoms with E-state index in [1.165, 1.54) is 21.7 Å². The van der Waals surface area contributed by atoms with E-state index in [0.717, 1.165) is 50.0 Å². The van der Waals surface area contributed by atoms with Gasteiger partial charge >= 0.3 is 0 Å². The van der Waals surface area contributed by atoms with Gasteiger partial charge in [0.05, 0.1) is 5.69 Å². The first kappa shape index (κ1) is 22.6. The molecule has 0 aliphatic rings. The molecule has 40 heavy (non-hydrogen) atoms. The van der Waals surface area contributed by atoms with Crippen LogP contribution < -0.4 is 4.90 Å². The largest absolute Gasteiger partial charge is 0.455 e. The van der Waals surface area contributed by atoms with Crippen molar-refractivity contribution in [1.82, 2.24) is 0 Å². The zero-order valence-electron chi connectivity index (χ0n) is 21.8. The Morgan fingerprint density at radius 3 is 1.90 bits per heavy atom. The number of hydrogen-bond donors (Lipinski definition) is 0. The van der Waals surface area contributed by atoms with E-state index in [-0.39, 0.29) is 0 Å². The number of hydrogen-bond acceptors (Lipinski definition) is 2. The number of rotatable bonds is 4. The molecule has 188 valence electrons. The lowest BCUT2D eigenvalue weighted by molar-refractivity contribution is 0.673. The molecule has 1 heterocycles. The predicted octanol–water partition coefficient (Wildman–Crippen LogP) is 11.0. The maximum atomic E-state index is 6.44. The molecule has 0 fully saturated rings. The minimum absolute atomic E-state index is 0.912. The lowest BCUT2D eigenvalue weighted by Gasteiger charge is -2.27. The normalized spacial score (nSPS) is 11.5. The van der Waals surface area contributed by atoms with Crippen molar-refractivity contribution < 1.29 is 4.42 Å². The van der Waals surface area contributed by atoms with Crippen molar-refractivity contribution in [2.24, 2.45) is 0 Å². The average Bonchev–Trinajstić information content (AvgIpc) is 3.42. The van der Waals surface area contributed by atoms with Gasteiger partial charge in [-0.05, 0) is 64.4 Å². The summed E-state index contributed by atoms with van der Waals surface area (Å²) in [7, 11) is 0. The molecule has 2 nitrogen and oxygen atoms in total. The first-order valence-electron chi connectivity index (χ1n) is 13.6. The Morgan fingerprint density at radius 1 is 0.425 bits per heavy atom. The van der Waals surface area contributed by atoms with Crippen molar-refractivity contribution >= 4 is 60.5 Å². The molecule has 0 aliphatic carbocycles. The van der Waals surface area contributed by atoms with Gasteiger partial charge in [-0.1, -0.05) is 109 Å². The summed E-state index contributed by atoms with van der Waals surface area (Å²) in [6, 6.07) is 53.7. The fraction of sp³-hybridized carbons (Fsp3) is 0. The van der Waals surface area contributed by atoms with Gasteiger partial charge in [-0.2, -0.15) is 0 Å². The Bertz CT molecular complexity index is 2150. The molecule has 0 spiro atoms. The van der Waals surface area contributed by atoms with E-state index < -0.39 is 0 Å². The molecule has 7 aromatic carbocycles. The van der Waals surface area contributed by atoms with Crippen LogP contribution in [0.1, 0.15) is 0 Å². The lowest BCUT2D eigenvalue weighted by atomic mass is 9.98. The van der Waals surface area contributed by atoms with Crippen molar-refractivity contribution in [3.8, 4) is 11.1 Å². The fourth-order valence-corrected chi connectivity index (χ4v) is 5.99. The molecule has 0 atom stereocenters. The number of nitrogens with zero attached hydrogens (tertiary/aromatic N) is 1. The van der Waals surface area contributed by atoms with Gasteiger partial charge in [-0.25, -0.2) is 0 Å². The molecule has 0 unspecified atom stereocenters. The Balaban J connectivity index is 1.29. The van der Waals surface area contributed by atoms with Gasteiger partial charge in [0.25, 0.3) is 0 Å². The minimum atomic E-state index is 0.912. The predicted molar refractivity (Wildman–Crippen MR) is 169 cm³/mol. The third kappa shape index (κ3) is 3.58. The van der Waals surface area contributed by atoms with Gasteiger partial charge in [0, 0.05) is 32.9 Å². The quantitative estimate of drug-likeness (QED) is 0.234. The van der Waals surface area contributed by atoms with Crippen LogP contribution in [0.2, 0.25) is 0 Å². The molecular weight excluding hydrogens is 486 g/mol. The van der Waals surface area contributed by atoms with Crippen LogP contribution in [0.5, 0.6) is 0 Å². The summed E-state index contributed by atoms with van der Waals surface area (Å²) in [6.07, 6.45) is 0. The molecule has 2 heteroatoms. The molecule has 0 saturated heterocycles. The van der Waals surface area contributed by atoms with Crippen LogP contribution in [0.25, 0.3) is 54.6 Å². The van der Waals surface area contributed by atoms with Gasteiger partial charge in [-0.15, -0.1) is 0 Å². The maximum Gasteiger partial charge on any atom is 0.143 e. The summed E-state index contributed by atoms with van der Waals surface area (Å²) < 4.78 is 6.44. The third-order valence-electron chi connectivity index (χ3n) is 7.85. The second-order valence-electron chi connectivity index (χ2n) is 10.2. The van der Waals surface area contributed by atoms with Crippen LogP contribution in [0.3, 0.4) is 0 Å². The molecule has 0 saturated carbocycles. The Labute approximate surface area is 232 Å². The molecule has 8 aromatic rings. The second-order valence-corrected chi connectivity index (χ2v) is 10.2. The zero-order chi connectivity index (χ0) is 26.5. The van der Waals surface area contributed by atoms with E-state index in [0.29, 0.717) is 0 Å². The summed E-state index contributed by atoms with van der Waals surface area (Å²) >= 11 is 0. The standard InChI is InChI=1S/C38H25NO/c1-2-13-29(14-3-1)39(35-18-8-12-26-10-4-6-15-31(26)35)30-23-20-28(21-24-30)32-17-9-19-36-37(32)34-25-22-27-11-5-7-16-33(27)38(34)40-36/h1-25H. The molecule has 0 aliphatic heterocycles. The highest BCUT2D eigenvalue weighted by Gasteiger charge is 2.17. The molecule has 0 N–H and O–H groups in total. The first-order valence-corrected chi connectivity index (χ1v) is 13.6. The van der Waals surface area contributed by atoms with E-state index in [2.05, 4.69) is 157 Å². The highest BCUT2D eigenvalue weighted by Crippen LogP contribution is 2.42. The van der Waals surface area contributed by atoms with Crippen LogP contribution in [0.4, 0.5) is 17.1 Å². The second kappa shape index (κ2) is 9.14. The highest BCUT2D eigenvalue weighted by atomic mass is 16.3. The lowest BCUT2D eigenvalue weighted by Crippen LogP contribution is -2.10. The fourth-order valence-electron chi connectivity index (χ4n) is 5.99.